The second-order valence-electron chi connectivity index (χ2n) is 5.40. The standard InChI is InChI=1S/C16H20/c1-12-13-5-2-7-14(8-3-6-13)16-10-4-9-15(12)11-16/h2-3,5,7-8,15-16H,4,6,9-11H2,1H3/b5-2?,8-3?,13-12+,14-7?. The van der Waals surface area contributed by atoms with Crippen LogP contribution in [-0.4, -0.2) is 0 Å². The molecular formula is C16H20. The van der Waals surface area contributed by atoms with Gasteiger partial charge in [0.05, 0.1) is 0 Å². The van der Waals surface area contributed by atoms with Crippen molar-refractivity contribution in [3.63, 3.8) is 0 Å². The van der Waals surface area contributed by atoms with Crippen molar-refractivity contribution in [3.05, 3.63) is 47.1 Å². The number of hydrogen-bond donors (Lipinski definition) is 0. The number of fused-ring (bicyclic) bond motifs is 2. The normalized spacial score (nSPS) is 37.4. The van der Waals surface area contributed by atoms with Crippen LogP contribution in [0.25, 0.3) is 0 Å². The van der Waals surface area contributed by atoms with Crippen molar-refractivity contribution < 1.29 is 0 Å². The fourth-order valence-corrected chi connectivity index (χ4v) is 3.43. The first-order valence-electron chi connectivity index (χ1n) is 6.59. The first-order valence-corrected chi connectivity index (χ1v) is 6.59. The van der Waals surface area contributed by atoms with Crippen LogP contribution in [0.15, 0.2) is 47.1 Å². The van der Waals surface area contributed by atoms with Gasteiger partial charge in [-0.15, -0.1) is 0 Å². The summed E-state index contributed by atoms with van der Waals surface area (Å²) in [5.41, 5.74) is 4.77. The molecule has 0 aromatic rings. The van der Waals surface area contributed by atoms with E-state index in [0.717, 1.165) is 18.3 Å². The molecule has 4 aliphatic carbocycles. The topological polar surface area (TPSA) is 0 Å². The van der Waals surface area contributed by atoms with Gasteiger partial charge in [0.15, 0.2) is 0 Å². The molecule has 4 rings (SSSR count). The molecule has 0 saturated heterocycles. The third-order valence-corrected chi connectivity index (χ3v) is 4.50. The highest BCUT2D eigenvalue weighted by atomic mass is 14.3. The molecule has 4 aliphatic rings. The van der Waals surface area contributed by atoms with Gasteiger partial charge in [-0.25, -0.2) is 0 Å². The van der Waals surface area contributed by atoms with Crippen LogP contribution in [0.2, 0.25) is 0 Å². The molecule has 0 radical (unpaired) electrons. The van der Waals surface area contributed by atoms with E-state index in [1.165, 1.54) is 25.7 Å². The van der Waals surface area contributed by atoms with E-state index in [1.807, 2.05) is 0 Å². The van der Waals surface area contributed by atoms with Crippen molar-refractivity contribution in [2.45, 2.75) is 39.0 Å². The quantitative estimate of drug-likeness (QED) is 0.552. The molecule has 0 nitrogen and oxygen atoms in total. The summed E-state index contributed by atoms with van der Waals surface area (Å²) in [6.45, 7) is 2.36. The van der Waals surface area contributed by atoms with Crippen LogP contribution in [0.4, 0.5) is 0 Å². The van der Waals surface area contributed by atoms with Gasteiger partial charge in [-0.1, -0.05) is 42.4 Å². The maximum atomic E-state index is 2.37. The lowest BCUT2D eigenvalue weighted by atomic mass is 9.75. The highest BCUT2D eigenvalue weighted by molar-refractivity contribution is 5.39. The Morgan fingerprint density at radius 3 is 2.94 bits per heavy atom. The zero-order valence-corrected chi connectivity index (χ0v) is 10.1. The Balaban J connectivity index is 2.12. The Kier molecular flexibility index (Phi) is 2.59. The summed E-state index contributed by atoms with van der Waals surface area (Å²) in [6.07, 6.45) is 18.4. The highest BCUT2D eigenvalue weighted by Gasteiger charge is 2.26. The molecule has 1 saturated carbocycles. The molecule has 0 aromatic carbocycles. The first-order chi connectivity index (χ1) is 7.84. The van der Waals surface area contributed by atoms with Crippen LogP contribution < -0.4 is 0 Å². The van der Waals surface area contributed by atoms with Crippen LogP contribution in [0.5, 0.6) is 0 Å². The summed E-state index contributed by atoms with van der Waals surface area (Å²) in [4.78, 5) is 0. The molecule has 1 fully saturated rings. The van der Waals surface area contributed by atoms with Gasteiger partial charge in [0.25, 0.3) is 0 Å². The van der Waals surface area contributed by atoms with Gasteiger partial charge in [0.1, 0.15) is 0 Å². The third kappa shape index (κ3) is 1.71. The minimum absolute atomic E-state index is 0.812. The fraction of sp³-hybridized carbons (Fsp3) is 0.500. The van der Waals surface area contributed by atoms with Crippen molar-refractivity contribution in [2.24, 2.45) is 11.8 Å². The Bertz CT molecular complexity index is 400. The summed E-state index contributed by atoms with van der Waals surface area (Å²) in [5, 5.41) is 0. The fourth-order valence-electron chi connectivity index (χ4n) is 3.43. The number of hydrogen-bond acceptors (Lipinski definition) is 0. The minimum Gasteiger partial charge on any atom is -0.0799 e. The van der Waals surface area contributed by atoms with Crippen molar-refractivity contribution in [2.75, 3.05) is 0 Å². The Morgan fingerprint density at radius 1 is 1.12 bits per heavy atom. The maximum absolute atomic E-state index is 2.37. The molecule has 0 aliphatic heterocycles. The Labute approximate surface area is 98.4 Å². The van der Waals surface area contributed by atoms with Gasteiger partial charge >= 0.3 is 0 Å². The molecule has 2 atom stereocenters. The summed E-state index contributed by atoms with van der Waals surface area (Å²) in [7, 11) is 0. The molecule has 0 heteroatoms. The van der Waals surface area contributed by atoms with Crippen molar-refractivity contribution in [1.29, 1.82) is 0 Å². The highest BCUT2D eigenvalue weighted by Crippen LogP contribution is 2.40. The second-order valence-corrected chi connectivity index (χ2v) is 5.40. The third-order valence-electron chi connectivity index (χ3n) is 4.50. The molecule has 0 N–H and O–H groups in total. The van der Waals surface area contributed by atoms with E-state index < -0.39 is 0 Å². The SMILES string of the molecule is C/C1=C2/C=CC=C(C=CC2)C2CCCC1C2. The lowest BCUT2D eigenvalue weighted by Gasteiger charge is -2.30. The van der Waals surface area contributed by atoms with Crippen molar-refractivity contribution in [3.8, 4) is 0 Å². The lowest BCUT2D eigenvalue weighted by molar-refractivity contribution is 0.331. The van der Waals surface area contributed by atoms with E-state index in [9.17, 15) is 0 Å². The average Bonchev–Trinajstić information content (AvgIpc) is 2.33. The van der Waals surface area contributed by atoms with E-state index >= 15 is 0 Å². The van der Waals surface area contributed by atoms with Crippen LogP contribution in [0.1, 0.15) is 39.0 Å². The smallest absolute Gasteiger partial charge is 0.00947 e. The van der Waals surface area contributed by atoms with E-state index in [2.05, 4.69) is 37.3 Å². The summed E-state index contributed by atoms with van der Waals surface area (Å²) >= 11 is 0. The van der Waals surface area contributed by atoms with Gasteiger partial charge in [-0.3, -0.25) is 0 Å². The monoisotopic (exact) mass is 212 g/mol. The lowest BCUT2D eigenvalue weighted by Crippen LogP contribution is -2.17. The largest absolute Gasteiger partial charge is 0.0799 e. The minimum atomic E-state index is 0.812. The molecule has 0 heterocycles. The van der Waals surface area contributed by atoms with Crippen LogP contribution in [0.3, 0.4) is 0 Å². The van der Waals surface area contributed by atoms with Gasteiger partial charge in [-0.05, 0) is 55.6 Å². The molecule has 84 valence electrons. The molecule has 0 amide bonds. The van der Waals surface area contributed by atoms with E-state index in [-0.39, 0.29) is 0 Å². The van der Waals surface area contributed by atoms with Gasteiger partial charge in [0.2, 0.25) is 0 Å². The van der Waals surface area contributed by atoms with E-state index in [4.69, 9.17) is 0 Å². The molecule has 0 spiro atoms. The maximum Gasteiger partial charge on any atom is -0.00947 e. The molecule has 2 unspecified atom stereocenters. The van der Waals surface area contributed by atoms with Gasteiger partial charge < -0.3 is 0 Å². The van der Waals surface area contributed by atoms with Crippen LogP contribution in [0, 0.1) is 11.8 Å². The predicted molar refractivity (Wildman–Crippen MR) is 69.1 cm³/mol. The van der Waals surface area contributed by atoms with Crippen LogP contribution >= 0.6 is 0 Å². The summed E-state index contributed by atoms with van der Waals surface area (Å²) < 4.78 is 0. The zero-order valence-electron chi connectivity index (χ0n) is 10.1. The average molecular weight is 212 g/mol. The van der Waals surface area contributed by atoms with Crippen LogP contribution in [-0.2, 0) is 0 Å². The second kappa shape index (κ2) is 4.08. The molecular weight excluding hydrogens is 192 g/mol. The molecule has 0 aromatic heterocycles. The van der Waals surface area contributed by atoms with Gasteiger partial charge in [0, 0.05) is 0 Å². The molecule has 16 heavy (non-hydrogen) atoms. The van der Waals surface area contributed by atoms with E-state index in [0.29, 0.717) is 0 Å². The van der Waals surface area contributed by atoms with E-state index in [1.54, 1.807) is 16.7 Å². The predicted octanol–water partition coefficient (Wildman–Crippen LogP) is 4.57. The summed E-state index contributed by atoms with van der Waals surface area (Å²) in [5.74, 6) is 1.66. The Morgan fingerprint density at radius 2 is 2.00 bits per heavy atom. The summed E-state index contributed by atoms with van der Waals surface area (Å²) in [6, 6.07) is 0. The Hall–Kier alpha value is -1.04. The van der Waals surface area contributed by atoms with Gasteiger partial charge in [-0.2, -0.15) is 0 Å². The van der Waals surface area contributed by atoms with Crippen molar-refractivity contribution >= 4 is 0 Å². The zero-order chi connectivity index (χ0) is 11.0. The first kappa shape index (κ1) is 10.1. The van der Waals surface area contributed by atoms with Crippen molar-refractivity contribution in [1.82, 2.24) is 0 Å². The number of allylic oxidation sites excluding steroid dienone is 8. The number of rotatable bonds is 0. The molecule has 4 bridgehead atoms.